The molecule has 1 aromatic carbocycles. The molecule has 94 valence electrons. The molecule has 0 unspecified atom stereocenters. The molecule has 18 heavy (non-hydrogen) atoms. The highest BCUT2D eigenvalue weighted by molar-refractivity contribution is 7.14. The van der Waals surface area contributed by atoms with Gasteiger partial charge in [0.25, 0.3) is 5.91 Å². The number of hydrogen-bond acceptors (Lipinski definition) is 4. The summed E-state index contributed by atoms with van der Waals surface area (Å²) < 4.78 is 0. The molecule has 0 bridgehead atoms. The molecular formula is C13H14N2O2S. The van der Waals surface area contributed by atoms with Crippen molar-refractivity contribution in [2.24, 2.45) is 0 Å². The Morgan fingerprint density at radius 3 is 2.61 bits per heavy atom. The molecule has 0 spiro atoms. The van der Waals surface area contributed by atoms with Gasteiger partial charge < -0.3 is 0 Å². The molecular weight excluding hydrogens is 248 g/mol. The number of aryl methyl sites for hydroxylation is 1. The monoisotopic (exact) mass is 262 g/mol. The molecule has 0 N–H and O–H groups in total. The zero-order chi connectivity index (χ0) is 13.1. The fraction of sp³-hybridized carbons (Fsp3) is 0.231. The van der Waals surface area contributed by atoms with Crippen LogP contribution in [0.2, 0.25) is 0 Å². The first kappa shape index (κ1) is 12.7. The fourth-order valence-corrected chi connectivity index (χ4v) is 2.50. The first-order chi connectivity index (χ1) is 8.63. The molecule has 0 aliphatic rings. The van der Waals surface area contributed by atoms with Crippen LogP contribution in [0.15, 0.2) is 30.3 Å². The van der Waals surface area contributed by atoms with Gasteiger partial charge in [0.05, 0.1) is 17.8 Å². The summed E-state index contributed by atoms with van der Waals surface area (Å²) >= 11 is 1.38. The highest BCUT2D eigenvalue weighted by atomic mass is 32.1. The molecule has 1 amide bonds. The molecule has 0 saturated carbocycles. The first-order valence-corrected chi connectivity index (χ1v) is 6.30. The van der Waals surface area contributed by atoms with Crippen LogP contribution >= 0.6 is 11.3 Å². The van der Waals surface area contributed by atoms with Crippen LogP contribution in [0.1, 0.15) is 14.7 Å². The zero-order valence-electron chi connectivity index (χ0n) is 10.5. The van der Waals surface area contributed by atoms with E-state index in [4.69, 9.17) is 4.84 Å². The van der Waals surface area contributed by atoms with Crippen molar-refractivity contribution in [3.63, 3.8) is 0 Å². The molecule has 5 heteroatoms. The number of thiazole rings is 1. The van der Waals surface area contributed by atoms with Gasteiger partial charge in [0.2, 0.25) is 0 Å². The Labute approximate surface area is 110 Å². The average Bonchev–Trinajstić information content (AvgIpc) is 2.80. The van der Waals surface area contributed by atoms with Crippen LogP contribution in [0.3, 0.4) is 0 Å². The maximum absolute atomic E-state index is 12.2. The maximum Gasteiger partial charge on any atom is 0.289 e. The summed E-state index contributed by atoms with van der Waals surface area (Å²) in [5, 5.41) is 2.07. The van der Waals surface area contributed by atoms with Gasteiger partial charge in [-0.15, -0.1) is 11.3 Å². The summed E-state index contributed by atoms with van der Waals surface area (Å²) in [5.41, 5.74) is 1.65. The van der Waals surface area contributed by atoms with E-state index in [9.17, 15) is 4.79 Å². The molecule has 0 fully saturated rings. The van der Waals surface area contributed by atoms with E-state index in [0.717, 1.165) is 10.6 Å². The number of aromatic nitrogens is 1. The first-order valence-electron chi connectivity index (χ1n) is 5.48. The Morgan fingerprint density at radius 1 is 1.33 bits per heavy atom. The number of hydrogen-bond donors (Lipinski definition) is 0. The van der Waals surface area contributed by atoms with Gasteiger partial charge in [-0.05, 0) is 6.92 Å². The van der Waals surface area contributed by atoms with Crippen LogP contribution in [0.5, 0.6) is 0 Å². The number of carbonyl (C=O) groups is 1. The third-order valence-electron chi connectivity index (χ3n) is 2.54. The van der Waals surface area contributed by atoms with Gasteiger partial charge in [0.1, 0.15) is 4.88 Å². The summed E-state index contributed by atoms with van der Waals surface area (Å²) in [4.78, 5) is 22.1. The van der Waals surface area contributed by atoms with Crippen LogP contribution in [0, 0.1) is 6.92 Å². The van der Waals surface area contributed by atoms with Gasteiger partial charge in [-0.25, -0.2) is 10.0 Å². The Kier molecular flexibility index (Phi) is 3.74. The minimum absolute atomic E-state index is 0.179. The van der Waals surface area contributed by atoms with Crippen molar-refractivity contribution in [1.29, 1.82) is 0 Å². The van der Waals surface area contributed by atoms with Crippen LogP contribution < -0.4 is 0 Å². The average molecular weight is 262 g/mol. The molecule has 0 atom stereocenters. The zero-order valence-corrected chi connectivity index (χ0v) is 11.3. The Morgan fingerprint density at radius 2 is 2.00 bits per heavy atom. The number of nitrogens with zero attached hydrogens (tertiary/aromatic N) is 2. The lowest BCUT2D eigenvalue weighted by Gasteiger charge is -2.12. The van der Waals surface area contributed by atoms with Crippen LogP contribution in [0.25, 0.3) is 11.3 Å². The Bertz CT molecular complexity index is 551. The highest BCUT2D eigenvalue weighted by Gasteiger charge is 2.21. The summed E-state index contributed by atoms with van der Waals surface area (Å²) in [5.74, 6) is -0.179. The van der Waals surface area contributed by atoms with Crippen LogP contribution in [0.4, 0.5) is 0 Å². The van der Waals surface area contributed by atoms with E-state index in [-0.39, 0.29) is 5.91 Å². The molecule has 1 heterocycles. The SMILES string of the molecule is CON(C)C(=O)c1sc(C)nc1-c1ccccc1. The summed E-state index contributed by atoms with van der Waals surface area (Å²) in [6, 6.07) is 9.68. The summed E-state index contributed by atoms with van der Waals surface area (Å²) in [6.45, 7) is 1.89. The summed E-state index contributed by atoms with van der Waals surface area (Å²) in [6.07, 6.45) is 0. The molecule has 1 aromatic heterocycles. The van der Waals surface area contributed by atoms with Gasteiger partial charge in [-0.2, -0.15) is 0 Å². The predicted octanol–water partition coefficient (Wildman–Crippen LogP) is 2.75. The van der Waals surface area contributed by atoms with Crippen molar-refractivity contribution in [1.82, 2.24) is 10.0 Å². The van der Waals surface area contributed by atoms with E-state index in [2.05, 4.69) is 4.98 Å². The molecule has 0 aliphatic carbocycles. The van der Waals surface area contributed by atoms with Gasteiger partial charge in [-0.3, -0.25) is 9.63 Å². The molecule has 0 aliphatic heterocycles. The van der Waals surface area contributed by atoms with Gasteiger partial charge in [0, 0.05) is 12.6 Å². The topological polar surface area (TPSA) is 42.4 Å². The second-order valence-corrected chi connectivity index (χ2v) is 4.97. The van der Waals surface area contributed by atoms with Crippen LogP contribution in [-0.4, -0.2) is 30.1 Å². The fourth-order valence-electron chi connectivity index (χ4n) is 1.59. The van der Waals surface area contributed by atoms with E-state index < -0.39 is 0 Å². The second kappa shape index (κ2) is 5.29. The number of carbonyl (C=O) groups excluding carboxylic acids is 1. The standard InChI is InChI=1S/C13H14N2O2S/c1-9-14-11(10-7-5-4-6-8-10)12(18-9)13(16)15(2)17-3/h4-8H,1-3H3. The minimum atomic E-state index is -0.179. The Balaban J connectivity index is 2.47. The maximum atomic E-state index is 12.2. The largest absolute Gasteiger partial charge is 0.289 e. The molecule has 0 radical (unpaired) electrons. The molecule has 2 rings (SSSR count). The van der Waals surface area contributed by atoms with E-state index in [1.165, 1.54) is 23.5 Å². The van der Waals surface area contributed by atoms with E-state index >= 15 is 0 Å². The van der Waals surface area contributed by atoms with E-state index in [0.29, 0.717) is 10.6 Å². The number of rotatable bonds is 3. The third kappa shape index (κ3) is 2.42. The lowest BCUT2D eigenvalue weighted by molar-refractivity contribution is -0.0753. The second-order valence-electron chi connectivity index (χ2n) is 3.76. The quantitative estimate of drug-likeness (QED) is 0.799. The molecule has 4 nitrogen and oxygen atoms in total. The smallest absolute Gasteiger partial charge is 0.274 e. The molecule has 2 aromatic rings. The predicted molar refractivity (Wildman–Crippen MR) is 71.4 cm³/mol. The normalized spacial score (nSPS) is 10.4. The number of amides is 1. The van der Waals surface area contributed by atoms with E-state index in [1.54, 1.807) is 7.05 Å². The Hall–Kier alpha value is -1.72. The number of benzene rings is 1. The lowest BCUT2D eigenvalue weighted by atomic mass is 10.1. The van der Waals surface area contributed by atoms with Crippen molar-refractivity contribution < 1.29 is 9.63 Å². The van der Waals surface area contributed by atoms with Crippen molar-refractivity contribution in [2.75, 3.05) is 14.2 Å². The summed E-state index contributed by atoms with van der Waals surface area (Å²) in [7, 11) is 3.06. The van der Waals surface area contributed by atoms with E-state index in [1.807, 2.05) is 37.3 Å². The minimum Gasteiger partial charge on any atom is -0.274 e. The van der Waals surface area contributed by atoms with Crippen molar-refractivity contribution in [3.05, 3.63) is 40.2 Å². The van der Waals surface area contributed by atoms with Gasteiger partial charge in [0.15, 0.2) is 0 Å². The lowest BCUT2D eigenvalue weighted by Crippen LogP contribution is -2.25. The van der Waals surface area contributed by atoms with Crippen LogP contribution in [-0.2, 0) is 4.84 Å². The van der Waals surface area contributed by atoms with Crippen molar-refractivity contribution in [2.45, 2.75) is 6.92 Å². The molecule has 0 saturated heterocycles. The van der Waals surface area contributed by atoms with Gasteiger partial charge in [-0.1, -0.05) is 30.3 Å². The highest BCUT2D eigenvalue weighted by Crippen LogP contribution is 2.28. The van der Waals surface area contributed by atoms with Crippen molar-refractivity contribution in [3.8, 4) is 11.3 Å². The third-order valence-corrected chi connectivity index (χ3v) is 3.49. The van der Waals surface area contributed by atoms with Gasteiger partial charge >= 0.3 is 0 Å². The van der Waals surface area contributed by atoms with Crippen molar-refractivity contribution >= 4 is 17.2 Å². The number of hydroxylamine groups is 2.